The van der Waals surface area contributed by atoms with Crippen LogP contribution in [0.4, 0.5) is 0 Å². The molecule has 0 bridgehead atoms. The van der Waals surface area contributed by atoms with Crippen LogP contribution in [0.25, 0.3) is 5.69 Å². The lowest BCUT2D eigenvalue weighted by atomic mass is 9.92. The molecule has 5 rings (SSSR count). The molecule has 11 nitrogen and oxygen atoms in total. The molecule has 2 atom stereocenters. The zero-order valence-corrected chi connectivity index (χ0v) is 20.7. The number of piperidine rings is 1. The fraction of sp³-hybridized carbons (Fsp3) is 0.520. The van der Waals surface area contributed by atoms with Gasteiger partial charge in [-0.1, -0.05) is 19.1 Å². The van der Waals surface area contributed by atoms with E-state index in [4.69, 9.17) is 4.74 Å². The van der Waals surface area contributed by atoms with Gasteiger partial charge in [-0.3, -0.25) is 24.5 Å². The smallest absolute Gasteiger partial charge is 0.276 e. The van der Waals surface area contributed by atoms with Crippen LogP contribution in [-0.2, 0) is 20.9 Å². The number of imide groups is 1. The minimum Gasteiger partial charge on any atom is -0.372 e. The van der Waals surface area contributed by atoms with Crippen molar-refractivity contribution in [2.24, 2.45) is 5.92 Å². The van der Waals surface area contributed by atoms with E-state index in [0.717, 1.165) is 12.0 Å². The van der Waals surface area contributed by atoms with Crippen molar-refractivity contribution < 1.29 is 23.9 Å². The van der Waals surface area contributed by atoms with Gasteiger partial charge in [0.2, 0.25) is 11.8 Å². The lowest BCUT2D eigenvalue weighted by Gasteiger charge is -2.41. The van der Waals surface area contributed by atoms with Gasteiger partial charge in [-0.25, -0.2) is 4.68 Å². The van der Waals surface area contributed by atoms with Gasteiger partial charge in [0.25, 0.3) is 11.8 Å². The van der Waals surface area contributed by atoms with Crippen molar-refractivity contribution in [2.45, 2.75) is 58.2 Å². The number of hydrogen-bond acceptors (Lipinski definition) is 7. The summed E-state index contributed by atoms with van der Waals surface area (Å²) >= 11 is 0. The first-order chi connectivity index (χ1) is 17.1. The molecule has 1 aromatic carbocycles. The number of carbonyl (C=O) groups is 4. The molecule has 0 aliphatic carbocycles. The van der Waals surface area contributed by atoms with Gasteiger partial charge in [0.15, 0.2) is 5.69 Å². The van der Waals surface area contributed by atoms with E-state index in [1.165, 1.54) is 9.58 Å². The number of aromatic nitrogens is 3. The number of benzene rings is 1. The maximum absolute atomic E-state index is 13.2. The van der Waals surface area contributed by atoms with Gasteiger partial charge in [-0.2, -0.15) is 0 Å². The molecule has 4 heterocycles. The predicted octanol–water partition coefficient (Wildman–Crippen LogP) is 1.31. The fourth-order valence-electron chi connectivity index (χ4n) is 5.44. The highest BCUT2D eigenvalue weighted by molar-refractivity contribution is 6.05. The molecule has 2 unspecified atom stereocenters. The summed E-state index contributed by atoms with van der Waals surface area (Å²) in [6.07, 6.45) is 2.96. The van der Waals surface area contributed by atoms with Crippen molar-refractivity contribution in [3.63, 3.8) is 0 Å². The first-order valence-electron chi connectivity index (χ1n) is 12.3. The summed E-state index contributed by atoms with van der Waals surface area (Å²) < 4.78 is 7.49. The Labute approximate surface area is 208 Å². The highest BCUT2D eigenvalue weighted by atomic mass is 16.5. The van der Waals surface area contributed by atoms with Crippen molar-refractivity contribution in [2.75, 3.05) is 19.7 Å². The topological polar surface area (TPSA) is 127 Å². The SMILES string of the molecule is CC(C)CC1(C)CN(C(=O)c2cn(-c3ccc4c(c3)CN(C3CCC(=O)NC3=O)C4=O)nn2)CCO1. The van der Waals surface area contributed by atoms with E-state index in [-0.39, 0.29) is 42.0 Å². The zero-order valence-electron chi connectivity index (χ0n) is 20.7. The second kappa shape index (κ2) is 9.12. The van der Waals surface area contributed by atoms with Crippen LogP contribution in [0.5, 0.6) is 0 Å². The number of hydrogen-bond donors (Lipinski definition) is 1. The Kier molecular flexibility index (Phi) is 6.11. The average molecular weight is 495 g/mol. The van der Waals surface area contributed by atoms with Crippen LogP contribution < -0.4 is 5.32 Å². The molecule has 1 N–H and O–H groups in total. The Hall–Kier alpha value is -3.60. The summed E-state index contributed by atoms with van der Waals surface area (Å²) in [6.45, 7) is 8.03. The monoisotopic (exact) mass is 494 g/mol. The molecule has 2 fully saturated rings. The molecular formula is C25H30N6O5. The summed E-state index contributed by atoms with van der Waals surface area (Å²) in [5.74, 6) is -0.749. The molecular weight excluding hydrogens is 464 g/mol. The minimum atomic E-state index is -0.670. The lowest BCUT2D eigenvalue weighted by molar-refractivity contribution is -0.136. The van der Waals surface area contributed by atoms with E-state index in [0.29, 0.717) is 43.3 Å². The molecule has 11 heteroatoms. The number of nitrogens with one attached hydrogen (secondary N) is 1. The molecule has 0 radical (unpaired) electrons. The first-order valence-corrected chi connectivity index (χ1v) is 12.3. The maximum atomic E-state index is 13.2. The van der Waals surface area contributed by atoms with E-state index in [9.17, 15) is 19.2 Å². The quantitative estimate of drug-likeness (QED) is 0.621. The average Bonchev–Trinajstić information content (AvgIpc) is 3.43. The van der Waals surface area contributed by atoms with E-state index < -0.39 is 11.9 Å². The third kappa shape index (κ3) is 4.50. The van der Waals surface area contributed by atoms with E-state index in [1.807, 2.05) is 13.0 Å². The number of rotatable bonds is 5. The molecule has 2 aromatic rings. The molecule has 0 saturated carbocycles. The third-order valence-corrected chi connectivity index (χ3v) is 6.95. The molecule has 1 aromatic heterocycles. The van der Waals surface area contributed by atoms with Crippen molar-refractivity contribution in [3.05, 3.63) is 41.2 Å². The lowest BCUT2D eigenvalue weighted by Crippen LogP contribution is -2.52. The number of ether oxygens (including phenoxy) is 1. The van der Waals surface area contributed by atoms with Gasteiger partial charge in [-0.15, -0.1) is 5.10 Å². The Morgan fingerprint density at radius 1 is 1.28 bits per heavy atom. The van der Waals surface area contributed by atoms with Crippen LogP contribution in [-0.4, -0.2) is 79.8 Å². The molecule has 0 spiro atoms. The van der Waals surface area contributed by atoms with E-state index >= 15 is 0 Å². The fourth-order valence-corrected chi connectivity index (χ4v) is 5.44. The summed E-state index contributed by atoms with van der Waals surface area (Å²) in [4.78, 5) is 53.1. The van der Waals surface area contributed by atoms with Crippen molar-refractivity contribution in [1.29, 1.82) is 0 Å². The highest BCUT2D eigenvalue weighted by Gasteiger charge is 2.39. The summed E-state index contributed by atoms with van der Waals surface area (Å²) in [5, 5.41) is 10.6. The summed E-state index contributed by atoms with van der Waals surface area (Å²) in [7, 11) is 0. The van der Waals surface area contributed by atoms with Crippen LogP contribution >= 0.6 is 0 Å². The van der Waals surface area contributed by atoms with Crippen molar-refractivity contribution >= 4 is 23.6 Å². The van der Waals surface area contributed by atoms with Crippen molar-refractivity contribution in [1.82, 2.24) is 30.1 Å². The van der Waals surface area contributed by atoms with Crippen LogP contribution in [0.3, 0.4) is 0 Å². The van der Waals surface area contributed by atoms with Gasteiger partial charge < -0.3 is 14.5 Å². The molecule has 3 aliphatic rings. The number of amides is 4. The Morgan fingerprint density at radius 2 is 2.08 bits per heavy atom. The van der Waals surface area contributed by atoms with Gasteiger partial charge in [-0.05, 0) is 49.4 Å². The molecule has 4 amide bonds. The van der Waals surface area contributed by atoms with Crippen LogP contribution in [0.15, 0.2) is 24.4 Å². The van der Waals surface area contributed by atoms with Crippen molar-refractivity contribution in [3.8, 4) is 5.69 Å². The first kappa shape index (κ1) is 24.1. The Bertz CT molecular complexity index is 1240. The summed E-state index contributed by atoms with van der Waals surface area (Å²) in [6, 6.07) is 4.58. The Balaban J connectivity index is 1.31. The summed E-state index contributed by atoms with van der Waals surface area (Å²) in [5.41, 5.74) is 1.77. The standard InChI is InChI=1S/C25H30N6O5/c1-15(2)11-25(3)14-29(8-9-36-25)24(35)19-13-31(28-27-19)17-4-5-18-16(10-17)12-30(23(18)34)20-6-7-21(32)26-22(20)33/h4-5,10,13,15,20H,6-9,11-12,14H2,1-3H3,(H,26,32,33). The second-order valence-corrected chi connectivity index (χ2v) is 10.4. The Morgan fingerprint density at radius 3 is 2.83 bits per heavy atom. The van der Waals surface area contributed by atoms with E-state index in [1.54, 1.807) is 23.2 Å². The second-order valence-electron chi connectivity index (χ2n) is 10.4. The third-order valence-electron chi connectivity index (χ3n) is 6.95. The van der Waals surface area contributed by atoms with Gasteiger partial charge in [0, 0.05) is 31.6 Å². The molecule has 3 aliphatic heterocycles. The van der Waals surface area contributed by atoms with Gasteiger partial charge >= 0.3 is 0 Å². The van der Waals surface area contributed by atoms with Crippen LogP contribution in [0, 0.1) is 5.92 Å². The number of nitrogens with zero attached hydrogens (tertiary/aromatic N) is 5. The zero-order chi connectivity index (χ0) is 25.6. The number of carbonyl (C=O) groups excluding carboxylic acids is 4. The van der Waals surface area contributed by atoms with E-state index in [2.05, 4.69) is 29.5 Å². The number of morpholine rings is 1. The normalized spacial score (nSPS) is 24.3. The maximum Gasteiger partial charge on any atom is 0.276 e. The highest BCUT2D eigenvalue weighted by Crippen LogP contribution is 2.29. The van der Waals surface area contributed by atoms with Crippen LogP contribution in [0.1, 0.15) is 66.4 Å². The van der Waals surface area contributed by atoms with Gasteiger partial charge in [0.1, 0.15) is 6.04 Å². The van der Waals surface area contributed by atoms with Gasteiger partial charge in [0.05, 0.1) is 24.1 Å². The number of fused-ring (bicyclic) bond motifs is 1. The molecule has 2 saturated heterocycles. The van der Waals surface area contributed by atoms with Crippen LogP contribution in [0.2, 0.25) is 0 Å². The minimum absolute atomic E-state index is 0.195. The molecule has 36 heavy (non-hydrogen) atoms. The molecule has 190 valence electrons. The largest absolute Gasteiger partial charge is 0.372 e. The predicted molar refractivity (Wildman–Crippen MR) is 127 cm³/mol.